The number of hydrogen-bond donors (Lipinski definition) is 0. The van der Waals surface area contributed by atoms with Gasteiger partial charge in [-0.3, -0.25) is 4.79 Å². The molecule has 8 heteroatoms. The molecule has 1 aliphatic heterocycles. The van der Waals surface area contributed by atoms with Gasteiger partial charge < -0.3 is 19.1 Å². The van der Waals surface area contributed by atoms with Gasteiger partial charge in [-0.25, -0.2) is 9.18 Å². The molecule has 0 saturated heterocycles. The molecule has 188 valence electrons. The Morgan fingerprint density at radius 3 is 2.58 bits per heavy atom. The van der Waals surface area contributed by atoms with Gasteiger partial charge in [0.1, 0.15) is 23.1 Å². The lowest BCUT2D eigenvalue weighted by molar-refractivity contribution is -0.158. The molecule has 0 aliphatic carbocycles. The molecule has 0 bridgehead atoms. The van der Waals surface area contributed by atoms with Crippen LogP contribution >= 0.6 is 11.6 Å². The zero-order chi connectivity index (χ0) is 26.0. The number of carbonyl (C=O) groups excluding carboxylic acids is 2. The average Bonchev–Trinajstić information content (AvgIpc) is 3.09. The lowest BCUT2D eigenvalue weighted by Gasteiger charge is -2.25. The summed E-state index contributed by atoms with van der Waals surface area (Å²) in [5.74, 6) is 0.238. The highest BCUT2D eigenvalue weighted by Crippen LogP contribution is 2.32. The Bertz CT molecular complexity index is 1320. The van der Waals surface area contributed by atoms with Crippen molar-refractivity contribution in [3.05, 3.63) is 87.7 Å². The van der Waals surface area contributed by atoms with Gasteiger partial charge in [0.2, 0.25) is 0 Å². The van der Waals surface area contributed by atoms with Crippen LogP contribution in [-0.4, -0.2) is 29.0 Å². The van der Waals surface area contributed by atoms with Gasteiger partial charge in [0, 0.05) is 29.7 Å². The second kappa shape index (κ2) is 10.2. The fourth-order valence-corrected chi connectivity index (χ4v) is 4.22. The van der Waals surface area contributed by atoms with E-state index < -0.39 is 17.4 Å². The molecule has 3 aromatic rings. The zero-order valence-electron chi connectivity index (χ0n) is 20.6. The number of nitrogens with zero attached hydrogens (tertiary/aromatic N) is 1. The summed E-state index contributed by atoms with van der Waals surface area (Å²) in [6.45, 7) is 7.74. The number of hydrogen-bond acceptors (Lipinski definition) is 5. The highest BCUT2D eigenvalue weighted by Gasteiger charge is 2.32. The molecule has 1 aliphatic rings. The molecule has 3 aromatic carbocycles. The molecule has 0 atom stereocenters. The number of esters is 1. The maximum atomic E-state index is 14.4. The van der Waals surface area contributed by atoms with Gasteiger partial charge in [0.05, 0.1) is 6.61 Å². The first-order chi connectivity index (χ1) is 17.1. The highest BCUT2D eigenvalue weighted by atomic mass is 35.5. The molecule has 4 rings (SSSR count). The largest absolute Gasteiger partial charge is 0.476 e. The third-order valence-corrected chi connectivity index (χ3v) is 6.00. The number of fused-ring (bicyclic) bond motifs is 1. The van der Waals surface area contributed by atoms with Gasteiger partial charge in [0.25, 0.3) is 5.91 Å². The van der Waals surface area contributed by atoms with Gasteiger partial charge >= 0.3 is 5.97 Å². The number of carbonyl (C=O) groups is 2. The summed E-state index contributed by atoms with van der Waals surface area (Å²) >= 11 is 6.05. The number of benzene rings is 3. The minimum atomic E-state index is -1.15. The lowest BCUT2D eigenvalue weighted by atomic mass is 10.1. The third-order valence-electron chi connectivity index (χ3n) is 5.76. The van der Waals surface area contributed by atoms with Gasteiger partial charge in [-0.2, -0.15) is 0 Å². The van der Waals surface area contributed by atoms with Crippen LogP contribution in [0.25, 0.3) is 0 Å². The topological polar surface area (TPSA) is 65.1 Å². The third kappa shape index (κ3) is 5.62. The summed E-state index contributed by atoms with van der Waals surface area (Å²) in [6, 6.07) is 14.7. The van der Waals surface area contributed by atoms with E-state index in [4.69, 9.17) is 25.8 Å². The van der Waals surface area contributed by atoms with Crippen molar-refractivity contribution in [1.29, 1.82) is 0 Å². The van der Waals surface area contributed by atoms with Crippen LogP contribution in [0.2, 0.25) is 5.02 Å². The lowest BCUT2D eigenvalue weighted by Crippen LogP contribution is -2.39. The van der Waals surface area contributed by atoms with Crippen molar-refractivity contribution in [2.45, 2.75) is 46.4 Å². The minimum Gasteiger partial charge on any atom is -0.476 e. The van der Waals surface area contributed by atoms with E-state index in [1.807, 2.05) is 6.92 Å². The van der Waals surface area contributed by atoms with Crippen molar-refractivity contribution in [2.24, 2.45) is 0 Å². The van der Waals surface area contributed by atoms with E-state index in [1.54, 1.807) is 68.1 Å². The fraction of sp³-hybridized carbons (Fsp3) is 0.286. The summed E-state index contributed by atoms with van der Waals surface area (Å²) in [5.41, 5.74) is 1.64. The molecular weight excluding hydrogens is 485 g/mol. The first-order valence-corrected chi connectivity index (χ1v) is 12.0. The van der Waals surface area contributed by atoms with Crippen molar-refractivity contribution in [3.8, 4) is 17.2 Å². The molecule has 0 N–H and O–H groups in total. The van der Waals surface area contributed by atoms with Crippen LogP contribution in [0.1, 0.15) is 47.8 Å². The maximum Gasteiger partial charge on any atom is 0.349 e. The SMILES string of the molecule is CCOC(=O)C(C)(C)Oc1ccc(Oc2cc(F)cc(CN3Cc4cc(Cl)ccc4C3=O)c2)cc1C. The van der Waals surface area contributed by atoms with Crippen molar-refractivity contribution in [2.75, 3.05) is 6.61 Å². The van der Waals surface area contributed by atoms with E-state index >= 15 is 0 Å². The number of ether oxygens (including phenoxy) is 3. The summed E-state index contributed by atoms with van der Waals surface area (Å²) in [6.07, 6.45) is 0. The Morgan fingerprint density at radius 1 is 1.08 bits per heavy atom. The Morgan fingerprint density at radius 2 is 1.86 bits per heavy atom. The maximum absolute atomic E-state index is 14.4. The molecular formula is C28H27ClFNO5. The van der Waals surface area contributed by atoms with Crippen LogP contribution in [-0.2, 0) is 22.6 Å². The summed E-state index contributed by atoms with van der Waals surface area (Å²) in [7, 11) is 0. The number of aryl methyl sites for hydroxylation is 1. The van der Waals surface area contributed by atoms with E-state index in [2.05, 4.69) is 0 Å². The van der Waals surface area contributed by atoms with Crippen LogP contribution < -0.4 is 9.47 Å². The Kier molecular flexibility index (Phi) is 7.22. The van der Waals surface area contributed by atoms with E-state index in [0.717, 1.165) is 11.1 Å². The molecule has 36 heavy (non-hydrogen) atoms. The average molecular weight is 512 g/mol. The summed E-state index contributed by atoms with van der Waals surface area (Å²) < 4.78 is 31.3. The first kappa shape index (κ1) is 25.5. The van der Waals surface area contributed by atoms with E-state index in [1.165, 1.54) is 12.1 Å². The molecule has 0 fully saturated rings. The van der Waals surface area contributed by atoms with E-state index in [9.17, 15) is 14.0 Å². The summed E-state index contributed by atoms with van der Waals surface area (Å²) in [5, 5.41) is 0.570. The molecule has 1 amide bonds. The van der Waals surface area contributed by atoms with Crippen LogP contribution in [0, 0.1) is 12.7 Å². The molecule has 0 radical (unpaired) electrons. The summed E-state index contributed by atoms with van der Waals surface area (Å²) in [4.78, 5) is 26.5. The normalized spacial score (nSPS) is 12.9. The molecule has 0 unspecified atom stereocenters. The monoisotopic (exact) mass is 511 g/mol. The van der Waals surface area contributed by atoms with Crippen molar-refractivity contribution < 1.29 is 28.2 Å². The smallest absolute Gasteiger partial charge is 0.349 e. The minimum absolute atomic E-state index is 0.120. The van der Waals surface area contributed by atoms with E-state index in [-0.39, 0.29) is 19.1 Å². The van der Waals surface area contributed by atoms with Gasteiger partial charge in [-0.1, -0.05) is 11.6 Å². The Labute approximate surface area is 214 Å². The van der Waals surface area contributed by atoms with E-state index in [0.29, 0.717) is 39.9 Å². The standard InChI is InChI=1S/C28H27ClFNO5/c1-5-34-27(33)28(3,4)36-25-9-7-22(10-17(25)2)35-23-12-18(11-21(30)14-23)15-31-16-19-13-20(29)6-8-24(19)26(31)32/h6-14H,5,15-16H2,1-4H3. The van der Waals surface area contributed by atoms with Crippen LogP contribution in [0.15, 0.2) is 54.6 Å². The highest BCUT2D eigenvalue weighted by molar-refractivity contribution is 6.30. The molecule has 0 spiro atoms. The van der Waals surface area contributed by atoms with Gasteiger partial charge in [-0.15, -0.1) is 0 Å². The quantitative estimate of drug-likeness (QED) is 0.325. The molecule has 0 saturated carbocycles. The fourth-order valence-electron chi connectivity index (χ4n) is 4.03. The second-order valence-electron chi connectivity index (χ2n) is 9.12. The second-order valence-corrected chi connectivity index (χ2v) is 9.56. The predicted molar refractivity (Wildman–Crippen MR) is 134 cm³/mol. The van der Waals surface area contributed by atoms with Crippen LogP contribution in [0.5, 0.6) is 17.2 Å². The molecule has 1 heterocycles. The van der Waals surface area contributed by atoms with Gasteiger partial charge in [-0.05, 0) is 92.9 Å². The van der Waals surface area contributed by atoms with Crippen molar-refractivity contribution >= 4 is 23.5 Å². The Balaban J connectivity index is 1.47. The zero-order valence-corrected chi connectivity index (χ0v) is 21.3. The molecule has 0 aromatic heterocycles. The predicted octanol–water partition coefficient (Wildman–Crippen LogP) is 6.46. The van der Waals surface area contributed by atoms with Crippen LogP contribution in [0.4, 0.5) is 4.39 Å². The molecule has 6 nitrogen and oxygen atoms in total. The number of amides is 1. The van der Waals surface area contributed by atoms with Crippen LogP contribution in [0.3, 0.4) is 0 Å². The van der Waals surface area contributed by atoms with Gasteiger partial charge in [0.15, 0.2) is 5.60 Å². The number of halogens is 2. The Hall–Kier alpha value is -3.58. The number of rotatable bonds is 8. The first-order valence-electron chi connectivity index (χ1n) is 11.6. The van der Waals surface area contributed by atoms with Crippen molar-refractivity contribution in [3.63, 3.8) is 0 Å². The van der Waals surface area contributed by atoms with Crippen molar-refractivity contribution in [1.82, 2.24) is 4.90 Å².